The lowest BCUT2D eigenvalue weighted by atomic mass is 10.2. The molecule has 1 aromatic carbocycles. The molecule has 0 saturated heterocycles. The number of hydrogen-bond acceptors (Lipinski definition) is 3. The first-order valence-corrected chi connectivity index (χ1v) is 4.94. The minimum atomic E-state index is -1.00. The second-order valence-corrected chi connectivity index (χ2v) is 3.77. The Bertz CT molecular complexity index is 535. The number of amides is 1. The Hall–Kier alpha value is -1.75. The monoisotopic (exact) mass is 222 g/mol. The smallest absolute Gasteiger partial charge is 0.283 e. The number of carbonyl (C=O) groups excluding carboxylic acids is 1. The molecule has 2 aromatic rings. The second-order valence-electron chi connectivity index (χ2n) is 2.94. The van der Waals surface area contributed by atoms with Gasteiger partial charge >= 0.3 is 0 Å². The predicted octanol–water partition coefficient (Wildman–Crippen LogP) is 2.72. The lowest BCUT2D eigenvalue weighted by Crippen LogP contribution is -2.10. The van der Waals surface area contributed by atoms with E-state index in [-0.39, 0.29) is 0 Å². The van der Waals surface area contributed by atoms with Crippen molar-refractivity contribution in [3.63, 3.8) is 0 Å². The van der Waals surface area contributed by atoms with E-state index in [0.717, 1.165) is 10.1 Å². The molecule has 15 heavy (non-hydrogen) atoms. The number of fused-ring (bicyclic) bond motifs is 1. The van der Waals surface area contributed by atoms with Crippen LogP contribution in [0.3, 0.4) is 0 Å². The topological polar surface area (TPSA) is 42.0 Å². The van der Waals surface area contributed by atoms with Gasteiger partial charge in [-0.15, -0.1) is 0 Å². The maximum Gasteiger partial charge on any atom is 0.283 e. The van der Waals surface area contributed by atoms with Crippen LogP contribution in [0.2, 0.25) is 0 Å². The van der Waals surface area contributed by atoms with E-state index in [0.29, 0.717) is 5.69 Å². The first kappa shape index (κ1) is 9.79. The molecule has 0 aliphatic rings. The molecule has 0 fully saturated rings. The van der Waals surface area contributed by atoms with Crippen LogP contribution in [0, 0.1) is 0 Å². The molecule has 76 valence electrons. The third-order valence-corrected chi connectivity index (χ3v) is 2.64. The van der Waals surface area contributed by atoms with Crippen molar-refractivity contribution < 1.29 is 9.18 Å². The molecular weight excluding hydrogens is 215 g/mol. The van der Waals surface area contributed by atoms with Crippen molar-refractivity contribution in [1.29, 1.82) is 0 Å². The van der Waals surface area contributed by atoms with Crippen LogP contribution in [0.15, 0.2) is 36.8 Å². The summed E-state index contributed by atoms with van der Waals surface area (Å²) in [5, 5.41) is 3.31. The van der Waals surface area contributed by atoms with Crippen LogP contribution in [-0.4, -0.2) is 10.3 Å². The third kappa shape index (κ3) is 2.02. The Balaban J connectivity index is 2.28. The zero-order chi connectivity index (χ0) is 10.8. The van der Waals surface area contributed by atoms with Gasteiger partial charge < -0.3 is 5.32 Å². The number of rotatable bonds is 2. The summed E-state index contributed by atoms with van der Waals surface area (Å²) in [6, 6.07) is 5.25. The minimum Gasteiger partial charge on any atom is -0.320 e. The van der Waals surface area contributed by atoms with Crippen molar-refractivity contribution in [2.75, 3.05) is 5.32 Å². The second kappa shape index (κ2) is 3.78. The summed E-state index contributed by atoms with van der Waals surface area (Å²) >= 11 is 1.37. The highest BCUT2D eigenvalue weighted by molar-refractivity contribution is 7.13. The van der Waals surface area contributed by atoms with Crippen molar-refractivity contribution in [2.24, 2.45) is 0 Å². The van der Waals surface area contributed by atoms with E-state index >= 15 is 0 Å². The largest absolute Gasteiger partial charge is 0.320 e. The average molecular weight is 222 g/mol. The highest BCUT2D eigenvalue weighted by Crippen LogP contribution is 2.22. The molecule has 0 radical (unpaired) electrons. The van der Waals surface area contributed by atoms with Gasteiger partial charge in [0.25, 0.3) is 5.91 Å². The Labute approximate surface area is 89.4 Å². The number of benzene rings is 1. The van der Waals surface area contributed by atoms with E-state index in [9.17, 15) is 9.18 Å². The predicted molar refractivity (Wildman–Crippen MR) is 58.5 cm³/mol. The van der Waals surface area contributed by atoms with Crippen LogP contribution in [0.25, 0.3) is 10.1 Å². The summed E-state index contributed by atoms with van der Waals surface area (Å²) in [6.45, 7) is 2.91. The van der Waals surface area contributed by atoms with Gasteiger partial charge in [-0.3, -0.25) is 4.79 Å². The molecule has 0 spiro atoms. The van der Waals surface area contributed by atoms with E-state index in [1.807, 2.05) is 6.07 Å². The molecule has 0 aliphatic carbocycles. The molecule has 0 bridgehead atoms. The summed E-state index contributed by atoms with van der Waals surface area (Å²) in [7, 11) is 0. The molecule has 5 heteroatoms. The molecule has 3 nitrogen and oxygen atoms in total. The molecule has 1 amide bonds. The Kier molecular flexibility index (Phi) is 2.47. The minimum absolute atomic E-state index is 0.534. The normalized spacial score (nSPS) is 10.2. The summed E-state index contributed by atoms with van der Waals surface area (Å²) in [6.07, 6.45) is 1.69. The van der Waals surface area contributed by atoms with Crippen molar-refractivity contribution in [2.45, 2.75) is 0 Å². The van der Waals surface area contributed by atoms with Gasteiger partial charge in [-0.05, 0) is 29.7 Å². The summed E-state index contributed by atoms with van der Waals surface area (Å²) in [5.74, 6) is -1.82. The van der Waals surface area contributed by atoms with Gasteiger partial charge in [0.05, 0.1) is 4.70 Å². The van der Waals surface area contributed by atoms with Gasteiger partial charge in [0.15, 0.2) is 5.83 Å². The number of nitrogens with zero attached hydrogens (tertiary/aromatic N) is 1. The standard InChI is InChI=1S/C10H7FN2OS/c1-6(11)10(14)13-8-2-3-9-7(4-8)5-12-15-9/h2-5H,1H2,(H,13,14). The van der Waals surface area contributed by atoms with E-state index < -0.39 is 11.7 Å². The molecule has 0 aliphatic heterocycles. The molecule has 2 rings (SSSR count). The van der Waals surface area contributed by atoms with Gasteiger partial charge in [0.1, 0.15) is 0 Å². The number of nitrogens with one attached hydrogen (secondary N) is 1. The van der Waals surface area contributed by atoms with Gasteiger partial charge in [-0.1, -0.05) is 6.58 Å². The first-order chi connectivity index (χ1) is 7.16. The number of anilines is 1. The molecule has 1 N–H and O–H groups in total. The Morgan fingerprint density at radius 2 is 2.33 bits per heavy atom. The fourth-order valence-corrected chi connectivity index (χ4v) is 1.77. The van der Waals surface area contributed by atoms with Gasteiger partial charge in [-0.25, -0.2) is 4.39 Å². The maximum atomic E-state index is 12.4. The van der Waals surface area contributed by atoms with Crippen LogP contribution >= 0.6 is 11.5 Å². The SMILES string of the molecule is C=C(F)C(=O)Nc1ccc2sncc2c1. The highest BCUT2D eigenvalue weighted by atomic mass is 32.1. The average Bonchev–Trinajstić information content (AvgIpc) is 2.64. The van der Waals surface area contributed by atoms with Gasteiger partial charge in [0, 0.05) is 17.3 Å². The molecule has 1 heterocycles. The van der Waals surface area contributed by atoms with Crippen molar-refractivity contribution in [3.05, 3.63) is 36.8 Å². The summed E-state index contributed by atoms with van der Waals surface area (Å²) in [5.41, 5.74) is 0.534. The van der Waals surface area contributed by atoms with Crippen LogP contribution < -0.4 is 5.32 Å². The van der Waals surface area contributed by atoms with Crippen molar-refractivity contribution in [3.8, 4) is 0 Å². The number of halogens is 1. The zero-order valence-electron chi connectivity index (χ0n) is 7.66. The third-order valence-electron chi connectivity index (χ3n) is 1.86. The quantitative estimate of drug-likeness (QED) is 0.794. The van der Waals surface area contributed by atoms with Crippen LogP contribution in [-0.2, 0) is 4.79 Å². The van der Waals surface area contributed by atoms with Crippen molar-refractivity contribution >= 4 is 33.2 Å². The maximum absolute atomic E-state index is 12.4. The fourth-order valence-electron chi connectivity index (χ4n) is 1.15. The van der Waals surface area contributed by atoms with Crippen LogP contribution in [0.4, 0.5) is 10.1 Å². The summed E-state index contributed by atoms with van der Waals surface area (Å²) in [4.78, 5) is 11.0. The van der Waals surface area contributed by atoms with Gasteiger partial charge in [0.2, 0.25) is 0 Å². The Morgan fingerprint density at radius 1 is 1.53 bits per heavy atom. The highest BCUT2D eigenvalue weighted by Gasteiger charge is 2.06. The van der Waals surface area contributed by atoms with Gasteiger partial charge in [-0.2, -0.15) is 4.37 Å². The van der Waals surface area contributed by atoms with Crippen LogP contribution in [0.5, 0.6) is 0 Å². The zero-order valence-corrected chi connectivity index (χ0v) is 8.47. The molecule has 0 atom stereocenters. The van der Waals surface area contributed by atoms with E-state index in [1.54, 1.807) is 18.3 Å². The lowest BCUT2D eigenvalue weighted by molar-refractivity contribution is -0.114. The lowest BCUT2D eigenvalue weighted by Gasteiger charge is -2.02. The number of carbonyl (C=O) groups is 1. The Morgan fingerprint density at radius 3 is 3.07 bits per heavy atom. The fraction of sp³-hybridized carbons (Fsp3) is 0. The first-order valence-electron chi connectivity index (χ1n) is 4.17. The molecule has 0 unspecified atom stereocenters. The van der Waals surface area contributed by atoms with E-state index in [1.165, 1.54) is 11.5 Å². The van der Waals surface area contributed by atoms with Crippen molar-refractivity contribution in [1.82, 2.24) is 4.37 Å². The molecular formula is C10H7FN2OS. The van der Waals surface area contributed by atoms with Crippen LogP contribution in [0.1, 0.15) is 0 Å². The van der Waals surface area contributed by atoms with E-state index in [2.05, 4.69) is 16.3 Å². The molecule has 0 saturated carbocycles. The molecule has 1 aromatic heterocycles. The summed E-state index contributed by atoms with van der Waals surface area (Å²) < 4.78 is 17.4. The number of aromatic nitrogens is 1. The van der Waals surface area contributed by atoms with E-state index in [4.69, 9.17) is 0 Å². The number of hydrogen-bond donors (Lipinski definition) is 1.